The van der Waals surface area contributed by atoms with Crippen LogP contribution in [-0.4, -0.2) is 15.7 Å². The second kappa shape index (κ2) is 5.61. The first kappa shape index (κ1) is 13.2. The summed E-state index contributed by atoms with van der Waals surface area (Å²) in [4.78, 5) is 11.8. The number of nitrogens with one attached hydrogen (secondary N) is 1. The van der Waals surface area contributed by atoms with Crippen LogP contribution < -0.4 is 5.32 Å². The van der Waals surface area contributed by atoms with Gasteiger partial charge in [-0.1, -0.05) is 40.9 Å². The van der Waals surface area contributed by atoms with E-state index in [4.69, 9.17) is 34.8 Å². The molecule has 18 heavy (non-hydrogen) atoms. The molecule has 1 heterocycles. The van der Waals surface area contributed by atoms with Crippen molar-refractivity contribution in [3.05, 3.63) is 45.7 Å². The van der Waals surface area contributed by atoms with E-state index in [0.29, 0.717) is 20.8 Å². The van der Waals surface area contributed by atoms with Gasteiger partial charge in [0.2, 0.25) is 5.91 Å². The Bertz CT molecular complexity index is 562. The number of para-hydroxylation sites is 1. The van der Waals surface area contributed by atoms with Gasteiger partial charge in [-0.15, -0.1) is 0 Å². The minimum Gasteiger partial charge on any atom is -0.322 e. The summed E-state index contributed by atoms with van der Waals surface area (Å²) in [6.07, 6.45) is 3.01. The van der Waals surface area contributed by atoms with Crippen molar-refractivity contribution >= 4 is 46.4 Å². The van der Waals surface area contributed by atoms with Crippen LogP contribution in [0.2, 0.25) is 15.1 Å². The summed E-state index contributed by atoms with van der Waals surface area (Å²) < 4.78 is 1.42. The molecule has 0 aliphatic rings. The van der Waals surface area contributed by atoms with E-state index in [1.165, 1.54) is 10.9 Å². The molecule has 2 aromatic rings. The molecule has 0 fully saturated rings. The lowest BCUT2D eigenvalue weighted by Gasteiger charge is -2.08. The fourth-order valence-corrected chi connectivity index (χ4v) is 2.02. The first-order chi connectivity index (χ1) is 8.56. The molecule has 0 saturated heterocycles. The first-order valence-corrected chi connectivity index (χ1v) is 6.11. The molecule has 0 unspecified atom stereocenters. The Morgan fingerprint density at radius 3 is 2.50 bits per heavy atom. The summed E-state index contributed by atoms with van der Waals surface area (Å²) in [7, 11) is 0. The van der Waals surface area contributed by atoms with Gasteiger partial charge in [0.15, 0.2) is 0 Å². The minimum absolute atomic E-state index is 0.0360. The normalized spacial score (nSPS) is 10.4. The number of amides is 1. The zero-order chi connectivity index (χ0) is 13.1. The van der Waals surface area contributed by atoms with Crippen molar-refractivity contribution in [2.24, 2.45) is 0 Å². The fourth-order valence-electron chi connectivity index (χ4n) is 1.37. The summed E-state index contributed by atoms with van der Waals surface area (Å²) in [5, 5.41) is 7.77. The summed E-state index contributed by atoms with van der Waals surface area (Å²) in [6.45, 7) is 0.0360. The molecule has 7 heteroatoms. The number of carbonyl (C=O) groups is 1. The van der Waals surface area contributed by atoms with Gasteiger partial charge in [0.05, 0.1) is 27.0 Å². The van der Waals surface area contributed by atoms with Crippen molar-refractivity contribution in [1.29, 1.82) is 0 Å². The number of aromatic nitrogens is 2. The monoisotopic (exact) mass is 303 g/mol. The molecule has 4 nitrogen and oxygen atoms in total. The quantitative estimate of drug-likeness (QED) is 0.943. The molecule has 0 spiro atoms. The van der Waals surface area contributed by atoms with Crippen LogP contribution in [0, 0.1) is 0 Å². The third kappa shape index (κ3) is 3.16. The van der Waals surface area contributed by atoms with Gasteiger partial charge in [0.25, 0.3) is 0 Å². The molecule has 1 N–H and O–H groups in total. The Labute approximate surface area is 118 Å². The van der Waals surface area contributed by atoms with Gasteiger partial charge >= 0.3 is 0 Å². The van der Waals surface area contributed by atoms with Crippen molar-refractivity contribution in [3.63, 3.8) is 0 Å². The van der Waals surface area contributed by atoms with Gasteiger partial charge in [0.1, 0.15) is 6.54 Å². The van der Waals surface area contributed by atoms with Crippen LogP contribution in [0.25, 0.3) is 0 Å². The standard InChI is InChI=1S/C11H8Cl3N3O/c12-7-4-15-17(5-7)6-10(18)16-11-8(13)2-1-3-9(11)14/h1-5H,6H2,(H,16,18). The van der Waals surface area contributed by atoms with E-state index in [1.807, 2.05) is 0 Å². The van der Waals surface area contributed by atoms with Gasteiger partial charge in [-0.3, -0.25) is 9.48 Å². The Kier molecular flexibility index (Phi) is 4.11. The molecule has 1 amide bonds. The van der Waals surface area contributed by atoms with E-state index in [1.54, 1.807) is 24.4 Å². The second-order valence-electron chi connectivity index (χ2n) is 3.50. The van der Waals surface area contributed by atoms with Crippen molar-refractivity contribution in [2.75, 3.05) is 5.32 Å². The highest BCUT2D eigenvalue weighted by Crippen LogP contribution is 2.29. The Balaban J connectivity index is 2.08. The van der Waals surface area contributed by atoms with E-state index >= 15 is 0 Å². The molecule has 0 aliphatic heterocycles. The Morgan fingerprint density at radius 2 is 1.94 bits per heavy atom. The van der Waals surface area contributed by atoms with Crippen LogP contribution in [0.15, 0.2) is 30.6 Å². The summed E-state index contributed by atoms with van der Waals surface area (Å²) in [6, 6.07) is 5.00. The smallest absolute Gasteiger partial charge is 0.246 e. The number of rotatable bonds is 3. The molecule has 0 atom stereocenters. The van der Waals surface area contributed by atoms with Gasteiger partial charge in [0, 0.05) is 6.20 Å². The van der Waals surface area contributed by atoms with E-state index in [9.17, 15) is 4.79 Å². The van der Waals surface area contributed by atoms with Gasteiger partial charge in [-0.2, -0.15) is 5.10 Å². The molecule has 2 rings (SSSR count). The lowest BCUT2D eigenvalue weighted by Crippen LogP contribution is -2.19. The molecule has 0 bridgehead atoms. The van der Waals surface area contributed by atoms with Gasteiger partial charge in [-0.05, 0) is 12.1 Å². The van der Waals surface area contributed by atoms with Gasteiger partial charge in [-0.25, -0.2) is 0 Å². The van der Waals surface area contributed by atoms with Crippen LogP contribution >= 0.6 is 34.8 Å². The maximum absolute atomic E-state index is 11.8. The fraction of sp³-hybridized carbons (Fsp3) is 0.0909. The molecule has 0 saturated carbocycles. The molecule has 1 aromatic carbocycles. The molecule has 0 aliphatic carbocycles. The average Bonchev–Trinajstić information content (AvgIpc) is 2.69. The van der Waals surface area contributed by atoms with E-state index in [2.05, 4.69) is 10.4 Å². The molecular weight excluding hydrogens is 296 g/mol. The Hall–Kier alpha value is -1.23. The zero-order valence-electron chi connectivity index (χ0n) is 9.03. The molecule has 1 aromatic heterocycles. The van der Waals surface area contributed by atoms with Crippen molar-refractivity contribution in [1.82, 2.24) is 9.78 Å². The van der Waals surface area contributed by atoms with E-state index in [0.717, 1.165) is 0 Å². The minimum atomic E-state index is -0.287. The highest BCUT2D eigenvalue weighted by molar-refractivity contribution is 6.39. The zero-order valence-corrected chi connectivity index (χ0v) is 11.3. The summed E-state index contributed by atoms with van der Waals surface area (Å²) >= 11 is 17.6. The first-order valence-electron chi connectivity index (χ1n) is 4.98. The predicted molar refractivity (Wildman–Crippen MR) is 72.3 cm³/mol. The second-order valence-corrected chi connectivity index (χ2v) is 4.75. The SMILES string of the molecule is O=C(Cn1cc(Cl)cn1)Nc1c(Cl)cccc1Cl. The number of hydrogen-bond donors (Lipinski definition) is 1. The van der Waals surface area contributed by atoms with Gasteiger partial charge < -0.3 is 5.32 Å². The average molecular weight is 305 g/mol. The lowest BCUT2D eigenvalue weighted by atomic mass is 10.3. The largest absolute Gasteiger partial charge is 0.322 e. The van der Waals surface area contributed by atoms with Crippen molar-refractivity contribution in [2.45, 2.75) is 6.54 Å². The molecule has 94 valence electrons. The lowest BCUT2D eigenvalue weighted by molar-refractivity contribution is -0.116. The topological polar surface area (TPSA) is 46.9 Å². The molecular formula is C11H8Cl3N3O. The van der Waals surface area contributed by atoms with Crippen molar-refractivity contribution < 1.29 is 4.79 Å². The highest BCUT2D eigenvalue weighted by atomic mass is 35.5. The number of hydrogen-bond acceptors (Lipinski definition) is 2. The summed E-state index contributed by atoms with van der Waals surface area (Å²) in [5.74, 6) is -0.287. The number of nitrogens with zero attached hydrogens (tertiary/aromatic N) is 2. The highest BCUT2D eigenvalue weighted by Gasteiger charge is 2.10. The van der Waals surface area contributed by atoms with E-state index < -0.39 is 0 Å². The van der Waals surface area contributed by atoms with Crippen molar-refractivity contribution in [3.8, 4) is 0 Å². The maximum Gasteiger partial charge on any atom is 0.246 e. The molecule has 0 radical (unpaired) electrons. The summed E-state index contributed by atoms with van der Waals surface area (Å²) in [5.41, 5.74) is 0.393. The van der Waals surface area contributed by atoms with Crippen LogP contribution in [0.3, 0.4) is 0 Å². The van der Waals surface area contributed by atoms with Crippen LogP contribution in [0.4, 0.5) is 5.69 Å². The maximum atomic E-state index is 11.8. The number of benzene rings is 1. The van der Waals surface area contributed by atoms with Crippen LogP contribution in [0.5, 0.6) is 0 Å². The third-order valence-electron chi connectivity index (χ3n) is 2.13. The number of carbonyl (C=O) groups excluding carboxylic acids is 1. The predicted octanol–water partition coefficient (Wildman–Crippen LogP) is 3.48. The number of halogens is 3. The van der Waals surface area contributed by atoms with Crippen LogP contribution in [0.1, 0.15) is 0 Å². The number of anilines is 1. The van der Waals surface area contributed by atoms with Crippen LogP contribution in [-0.2, 0) is 11.3 Å². The van der Waals surface area contributed by atoms with E-state index in [-0.39, 0.29) is 12.5 Å². The Morgan fingerprint density at radius 1 is 1.28 bits per heavy atom. The third-order valence-corrected chi connectivity index (χ3v) is 2.96.